The second kappa shape index (κ2) is 7.05. The molecule has 1 saturated heterocycles. The van der Waals surface area contributed by atoms with Gasteiger partial charge in [-0.3, -0.25) is 9.69 Å². The highest BCUT2D eigenvalue weighted by Gasteiger charge is 2.29. The minimum atomic E-state index is -0.165. The number of hydrogen-bond donors (Lipinski definition) is 2. The van der Waals surface area contributed by atoms with Crippen LogP contribution in [0.25, 0.3) is 0 Å². The van der Waals surface area contributed by atoms with Gasteiger partial charge in [-0.25, -0.2) is 0 Å². The van der Waals surface area contributed by atoms with E-state index in [-0.39, 0.29) is 18.6 Å². The normalized spacial score (nSPS) is 20.7. The van der Waals surface area contributed by atoms with Crippen LogP contribution >= 0.6 is 0 Å². The lowest BCUT2D eigenvalue weighted by molar-refractivity contribution is -0.120. The molecule has 2 atom stereocenters. The van der Waals surface area contributed by atoms with Gasteiger partial charge in [0.15, 0.2) is 0 Å². The van der Waals surface area contributed by atoms with Gasteiger partial charge in [0, 0.05) is 18.8 Å². The molecule has 2 N–H and O–H groups in total. The van der Waals surface area contributed by atoms with Gasteiger partial charge in [-0.15, -0.1) is 0 Å². The minimum absolute atomic E-state index is 0.0293. The fraction of sp³-hybridized carbons (Fsp3) is 0.588. The molecule has 2 rings (SSSR count). The summed E-state index contributed by atoms with van der Waals surface area (Å²) in [6.45, 7) is 8.08. The van der Waals surface area contributed by atoms with Gasteiger partial charge in [-0.2, -0.15) is 0 Å². The molecule has 4 heteroatoms. The molecule has 1 aliphatic rings. The molecule has 116 valence electrons. The summed E-state index contributed by atoms with van der Waals surface area (Å²) in [6, 6.07) is 7.80. The second-order valence-corrected chi connectivity index (χ2v) is 6.24. The average Bonchev–Trinajstić information content (AvgIpc) is 2.95. The van der Waals surface area contributed by atoms with E-state index in [1.165, 1.54) is 0 Å². The molecule has 1 heterocycles. The number of nitrogens with zero attached hydrogens (tertiary/aromatic N) is 1. The first-order chi connectivity index (χ1) is 10.0. The number of nitrogens with one attached hydrogen (secondary N) is 1. The maximum absolute atomic E-state index is 12.5. The molecule has 0 aromatic heterocycles. The number of carbonyl (C=O) groups excluding carboxylic acids is 1. The van der Waals surface area contributed by atoms with Gasteiger partial charge in [0.2, 0.25) is 5.91 Å². The van der Waals surface area contributed by atoms with Crippen LogP contribution in [0.1, 0.15) is 38.7 Å². The fourth-order valence-corrected chi connectivity index (χ4v) is 2.88. The molecule has 0 bridgehead atoms. The van der Waals surface area contributed by atoms with Crippen LogP contribution < -0.4 is 5.32 Å². The number of aliphatic hydroxyl groups is 1. The number of likely N-dealkylation sites (tertiary alicyclic amines) is 1. The third kappa shape index (κ3) is 3.83. The number of anilines is 1. The molecule has 1 aromatic carbocycles. The van der Waals surface area contributed by atoms with E-state index < -0.39 is 0 Å². The molecular weight excluding hydrogens is 264 g/mol. The van der Waals surface area contributed by atoms with Crippen molar-refractivity contribution >= 4 is 11.6 Å². The Morgan fingerprint density at radius 2 is 2.10 bits per heavy atom. The maximum atomic E-state index is 12.5. The van der Waals surface area contributed by atoms with Crippen LogP contribution in [0.15, 0.2) is 24.3 Å². The molecule has 21 heavy (non-hydrogen) atoms. The van der Waals surface area contributed by atoms with Crippen molar-refractivity contribution in [1.29, 1.82) is 0 Å². The molecule has 2 unspecified atom stereocenters. The Labute approximate surface area is 127 Å². The standard InChI is InChI=1S/C17H26N2O2/c1-12(2)15-6-4-5-7-16(15)18-17(21)13(3)19-9-8-14(10-19)11-20/h4-7,12-14,20H,8-11H2,1-3H3,(H,18,21). The topological polar surface area (TPSA) is 52.6 Å². The largest absolute Gasteiger partial charge is 0.396 e. The molecule has 4 nitrogen and oxygen atoms in total. The average molecular weight is 290 g/mol. The molecule has 1 aliphatic heterocycles. The van der Waals surface area contributed by atoms with Crippen LogP contribution in [0.4, 0.5) is 5.69 Å². The molecule has 1 fully saturated rings. The molecule has 0 radical (unpaired) electrons. The van der Waals surface area contributed by atoms with E-state index in [1.807, 2.05) is 25.1 Å². The number of carbonyl (C=O) groups is 1. The molecule has 0 spiro atoms. The van der Waals surface area contributed by atoms with E-state index in [9.17, 15) is 9.90 Å². The van der Waals surface area contributed by atoms with Crippen LogP contribution in [-0.2, 0) is 4.79 Å². The highest BCUT2D eigenvalue weighted by Crippen LogP contribution is 2.24. The Hall–Kier alpha value is -1.39. The summed E-state index contributed by atoms with van der Waals surface area (Å²) in [5.74, 6) is 0.715. The summed E-state index contributed by atoms with van der Waals surface area (Å²) in [6.07, 6.45) is 0.969. The van der Waals surface area contributed by atoms with E-state index in [0.29, 0.717) is 11.8 Å². The molecule has 1 aromatic rings. The van der Waals surface area contributed by atoms with Crippen molar-refractivity contribution in [3.8, 4) is 0 Å². The number of aliphatic hydroxyl groups excluding tert-OH is 1. The lowest BCUT2D eigenvalue weighted by Crippen LogP contribution is -2.41. The molecule has 0 saturated carbocycles. The first kappa shape index (κ1) is 16.0. The Kier molecular flexibility index (Phi) is 5.37. The van der Waals surface area contributed by atoms with E-state index in [2.05, 4.69) is 30.1 Å². The van der Waals surface area contributed by atoms with Gasteiger partial charge in [0.05, 0.1) is 6.04 Å². The van der Waals surface area contributed by atoms with Crippen LogP contribution in [-0.4, -0.2) is 41.7 Å². The van der Waals surface area contributed by atoms with Crippen LogP contribution in [0.5, 0.6) is 0 Å². The summed E-state index contributed by atoms with van der Waals surface area (Å²) in [4.78, 5) is 14.6. The SMILES string of the molecule is CC(C)c1ccccc1NC(=O)C(C)N1CCC(CO)C1. The van der Waals surface area contributed by atoms with Gasteiger partial charge in [-0.1, -0.05) is 32.0 Å². The van der Waals surface area contributed by atoms with Gasteiger partial charge in [0.25, 0.3) is 0 Å². The molecule has 0 aliphatic carbocycles. The maximum Gasteiger partial charge on any atom is 0.241 e. The van der Waals surface area contributed by atoms with Crippen molar-refractivity contribution in [2.45, 2.75) is 39.2 Å². The number of amides is 1. The van der Waals surface area contributed by atoms with Gasteiger partial charge < -0.3 is 10.4 Å². The number of rotatable bonds is 5. The zero-order valence-electron chi connectivity index (χ0n) is 13.2. The van der Waals surface area contributed by atoms with E-state index in [0.717, 1.165) is 30.8 Å². The summed E-state index contributed by atoms with van der Waals surface area (Å²) in [5, 5.41) is 12.3. The predicted octanol–water partition coefficient (Wildman–Crippen LogP) is 2.45. The summed E-state index contributed by atoms with van der Waals surface area (Å²) in [7, 11) is 0. The highest BCUT2D eigenvalue weighted by atomic mass is 16.3. The second-order valence-electron chi connectivity index (χ2n) is 6.24. The molecular formula is C17H26N2O2. The fourth-order valence-electron chi connectivity index (χ4n) is 2.88. The Morgan fingerprint density at radius 3 is 2.71 bits per heavy atom. The lowest BCUT2D eigenvalue weighted by Gasteiger charge is -2.24. The van der Waals surface area contributed by atoms with Crippen molar-refractivity contribution in [2.24, 2.45) is 5.92 Å². The Balaban J connectivity index is 2.01. The van der Waals surface area contributed by atoms with Crippen molar-refractivity contribution in [1.82, 2.24) is 4.90 Å². The van der Waals surface area contributed by atoms with Crippen LogP contribution in [0.2, 0.25) is 0 Å². The Bertz CT molecular complexity index is 487. The van der Waals surface area contributed by atoms with Crippen LogP contribution in [0.3, 0.4) is 0 Å². The first-order valence-corrected chi connectivity index (χ1v) is 7.77. The van der Waals surface area contributed by atoms with Gasteiger partial charge in [0.1, 0.15) is 0 Å². The third-order valence-electron chi connectivity index (χ3n) is 4.34. The zero-order chi connectivity index (χ0) is 15.4. The van der Waals surface area contributed by atoms with Crippen molar-refractivity contribution in [3.05, 3.63) is 29.8 Å². The number of benzene rings is 1. The highest BCUT2D eigenvalue weighted by molar-refractivity contribution is 5.95. The van der Waals surface area contributed by atoms with Gasteiger partial charge >= 0.3 is 0 Å². The number of hydrogen-bond acceptors (Lipinski definition) is 3. The smallest absolute Gasteiger partial charge is 0.241 e. The zero-order valence-corrected chi connectivity index (χ0v) is 13.2. The summed E-state index contributed by atoms with van der Waals surface area (Å²) >= 11 is 0. The van der Waals surface area contributed by atoms with Gasteiger partial charge in [-0.05, 0) is 43.4 Å². The number of para-hydroxylation sites is 1. The monoisotopic (exact) mass is 290 g/mol. The quantitative estimate of drug-likeness (QED) is 0.876. The van der Waals surface area contributed by atoms with E-state index in [1.54, 1.807) is 0 Å². The Morgan fingerprint density at radius 1 is 1.38 bits per heavy atom. The third-order valence-corrected chi connectivity index (χ3v) is 4.34. The molecule has 1 amide bonds. The van der Waals surface area contributed by atoms with Crippen molar-refractivity contribution in [3.63, 3.8) is 0 Å². The predicted molar refractivity (Wildman–Crippen MR) is 85.4 cm³/mol. The van der Waals surface area contributed by atoms with E-state index >= 15 is 0 Å². The van der Waals surface area contributed by atoms with E-state index in [4.69, 9.17) is 0 Å². The minimum Gasteiger partial charge on any atom is -0.396 e. The van der Waals surface area contributed by atoms with Crippen molar-refractivity contribution in [2.75, 3.05) is 25.0 Å². The lowest BCUT2D eigenvalue weighted by atomic mass is 10.0. The summed E-state index contributed by atoms with van der Waals surface area (Å²) in [5.41, 5.74) is 2.06. The summed E-state index contributed by atoms with van der Waals surface area (Å²) < 4.78 is 0. The first-order valence-electron chi connectivity index (χ1n) is 7.77. The van der Waals surface area contributed by atoms with Crippen LogP contribution in [0, 0.1) is 5.92 Å². The van der Waals surface area contributed by atoms with Crippen molar-refractivity contribution < 1.29 is 9.90 Å².